The van der Waals surface area contributed by atoms with Crippen molar-refractivity contribution in [2.45, 2.75) is 0 Å². The summed E-state index contributed by atoms with van der Waals surface area (Å²) in [6.45, 7) is 0. The predicted octanol–water partition coefficient (Wildman–Crippen LogP) is 12.4. The van der Waals surface area contributed by atoms with Gasteiger partial charge in [0.1, 0.15) is 17.1 Å². The summed E-state index contributed by atoms with van der Waals surface area (Å²) >= 11 is 2.32. The van der Waals surface area contributed by atoms with Crippen LogP contribution in [0.5, 0.6) is 34.5 Å². The first-order valence-electron chi connectivity index (χ1n) is 27.9. The number of aromatic nitrogens is 12. The molecular weight excluding hydrogens is 1240 g/mol. The molecule has 9 aromatic carbocycles. The number of benzene rings is 9. The predicted molar refractivity (Wildman–Crippen MR) is 357 cm³/mol. The number of halogens is 1. The highest BCUT2D eigenvalue weighted by Crippen LogP contribution is 2.42. The van der Waals surface area contributed by atoms with Gasteiger partial charge in [-0.2, -0.15) is 15.3 Å². The molecule has 6 heterocycles. The van der Waals surface area contributed by atoms with Crippen LogP contribution in [-0.2, 0) is 14.1 Å². The maximum absolute atomic E-state index is 10.1. The lowest BCUT2D eigenvalue weighted by atomic mass is 9.79. The molecule has 6 aromatic heterocycles. The third-order valence-corrected chi connectivity index (χ3v) is 15.7. The SMILES string of the molecule is COc1c(O)cccc1-c1ccc2[nH]nc(-c3nc4ccccc4[nH]3)c2c1.COc1cccc(-c2ccc3c(c2)c(-c2nc4ccccc4[nH]2)nn3C)c1OC.COc1cccc(B(O)O)c1OC.Cn1nc(-c2nc3ccccc3[nH]2)c2cc(I)ccc21. The number of aromatic hydroxyl groups is 1. The lowest BCUT2D eigenvalue weighted by Crippen LogP contribution is -2.31. The number of phenolic OH excluding ortho intramolecular Hbond substituents is 1. The summed E-state index contributed by atoms with van der Waals surface area (Å²) in [6, 6.07) is 58.6. The van der Waals surface area contributed by atoms with Crippen LogP contribution in [0.2, 0.25) is 0 Å². The average molecular weight is 1300 g/mol. The summed E-state index contributed by atoms with van der Waals surface area (Å²) in [5.41, 5.74) is 15.3. The molecule has 0 spiro atoms. The number of aryl methyl sites for hydroxylation is 2. The molecule has 7 N–H and O–H groups in total. The molecule has 89 heavy (non-hydrogen) atoms. The molecule has 0 aliphatic rings. The monoisotopic (exact) mass is 1300 g/mol. The number of hydrogen-bond donors (Lipinski definition) is 7. The van der Waals surface area contributed by atoms with Crippen LogP contribution in [0, 0.1) is 3.57 Å². The highest BCUT2D eigenvalue weighted by atomic mass is 127. The summed E-state index contributed by atoms with van der Waals surface area (Å²) in [5, 5.41) is 48.0. The Morgan fingerprint density at radius 1 is 0.438 bits per heavy atom. The van der Waals surface area contributed by atoms with E-state index < -0.39 is 7.12 Å². The minimum atomic E-state index is -1.55. The molecule has 0 radical (unpaired) electrons. The molecule has 20 nitrogen and oxygen atoms in total. The molecule has 0 saturated heterocycles. The average Bonchev–Trinajstić information content (AvgIpc) is 1.91. The van der Waals surface area contributed by atoms with E-state index in [0.717, 1.165) is 117 Å². The number of para-hydroxylation sites is 9. The standard InChI is InChI=1S/C23H20N4O2.C21H16N4O2.C15H11IN4.C8H11BO4/c1-27-19-12-11-14(15-7-6-10-20(28-2)22(15)29-3)13-16(19)21(26-27)23-24-17-8-4-5-9-18(17)25-23;1-27-20-13(5-4-8-18(20)26)12-9-10-15-14(11-12)19(25-24-15)21-22-16-6-2-3-7-17(16)23-21;1-20-13-7-6-9(16)8-10(13)14(19-20)15-17-11-4-2-3-5-12(11)18-15;1-12-7-5-3-4-6(9(10)11)8(7)13-2/h4-13H,1-3H3,(H,24,25);2-11,26H,1H3,(H,22,23)(H,24,25);2-8H,1H3,(H,17,18);3-5,10-11H,1-2H3. The number of aromatic amines is 4. The van der Waals surface area contributed by atoms with Crippen LogP contribution >= 0.6 is 22.6 Å². The molecule has 15 rings (SSSR count). The number of ether oxygens (including phenoxy) is 5. The van der Waals surface area contributed by atoms with Crippen molar-refractivity contribution in [3.63, 3.8) is 0 Å². The largest absolute Gasteiger partial charge is 0.504 e. The van der Waals surface area contributed by atoms with Crippen molar-refractivity contribution in [2.75, 3.05) is 35.5 Å². The fraction of sp³-hybridized carbons (Fsp3) is 0.104. The van der Waals surface area contributed by atoms with Gasteiger partial charge in [0, 0.05) is 50.4 Å². The lowest BCUT2D eigenvalue weighted by molar-refractivity contribution is 0.354. The van der Waals surface area contributed by atoms with Crippen LogP contribution in [0.3, 0.4) is 0 Å². The van der Waals surface area contributed by atoms with Crippen LogP contribution in [0.1, 0.15) is 0 Å². The van der Waals surface area contributed by atoms with E-state index in [2.05, 4.69) is 99.2 Å². The van der Waals surface area contributed by atoms with E-state index in [-0.39, 0.29) is 5.75 Å². The van der Waals surface area contributed by atoms with E-state index in [0.29, 0.717) is 40.0 Å². The fourth-order valence-electron chi connectivity index (χ4n) is 10.8. The zero-order valence-corrected chi connectivity index (χ0v) is 51.4. The van der Waals surface area contributed by atoms with Gasteiger partial charge in [0.05, 0.1) is 85.2 Å². The number of hydrogen-bond acceptors (Lipinski definition) is 14. The van der Waals surface area contributed by atoms with Crippen LogP contribution in [-0.4, -0.2) is 117 Å². The second-order valence-electron chi connectivity index (χ2n) is 20.3. The number of fused-ring (bicyclic) bond motifs is 6. The fourth-order valence-corrected chi connectivity index (χ4v) is 11.3. The molecule has 0 amide bonds. The topological polar surface area (TPSA) is 257 Å². The molecular formula is C67H58BIN12O8. The molecule has 0 aliphatic heterocycles. The summed E-state index contributed by atoms with van der Waals surface area (Å²) in [7, 11) is 10.1. The zero-order valence-electron chi connectivity index (χ0n) is 49.2. The molecule has 0 aliphatic carbocycles. The molecule has 15 aromatic rings. The summed E-state index contributed by atoms with van der Waals surface area (Å²) < 4.78 is 31.4. The Hall–Kier alpha value is -10.7. The van der Waals surface area contributed by atoms with Crippen LogP contribution in [0.4, 0.5) is 0 Å². The lowest BCUT2D eigenvalue weighted by Gasteiger charge is -2.13. The van der Waals surface area contributed by atoms with Gasteiger partial charge >= 0.3 is 7.12 Å². The molecule has 0 fully saturated rings. The van der Waals surface area contributed by atoms with Crippen molar-refractivity contribution in [2.24, 2.45) is 14.1 Å². The highest BCUT2D eigenvalue weighted by molar-refractivity contribution is 14.1. The van der Waals surface area contributed by atoms with Crippen molar-refractivity contribution in [1.29, 1.82) is 0 Å². The number of nitrogens with one attached hydrogen (secondary N) is 4. The minimum Gasteiger partial charge on any atom is -0.504 e. The van der Waals surface area contributed by atoms with Gasteiger partial charge in [-0.1, -0.05) is 84.9 Å². The Morgan fingerprint density at radius 2 is 0.899 bits per heavy atom. The van der Waals surface area contributed by atoms with Crippen LogP contribution in [0.15, 0.2) is 182 Å². The molecule has 0 saturated carbocycles. The first kappa shape index (κ1) is 58.7. The molecule has 22 heteroatoms. The van der Waals surface area contributed by atoms with E-state index in [1.807, 2.05) is 139 Å². The van der Waals surface area contributed by atoms with Gasteiger partial charge in [0.25, 0.3) is 0 Å². The summed E-state index contributed by atoms with van der Waals surface area (Å²) in [5.74, 6) is 5.09. The summed E-state index contributed by atoms with van der Waals surface area (Å²) in [6.07, 6.45) is 0. The Labute approximate surface area is 523 Å². The van der Waals surface area contributed by atoms with E-state index in [1.54, 1.807) is 51.7 Å². The zero-order chi connectivity index (χ0) is 61.9. The van der Waals surface area contributed by atoms with Gasteiger partial charge in [-0.15, -0.1) is 0 Å². The van der Waals surface area contributed by atoms with E-state index >= 15 is 0 Å². The number of phenols is 1. The van der Waals surface area contributed by atoms with Crippen molar-refractivity contribution in [3.05, 3.63) is 186 Å². The van der Waals surface area contributed by atoms with Gasteiger partial charge in [0.2, 0.25) is 0 Å². The summed E-state index contributed by atoms with van der Waals surface area (Å²) in [4.78, 5) is 24.1. The molecule has 0 bridgehead atoms. The van der Waals surface area contributed by atoms with Gasteiger partial charge in [-0.3, -0.25) is 14.5 Å². The van der Waals surface area contributed by atoms with E-state index in [1.165, 1.54) is 17.8 Å². The number of H-pyrrole nitrogens is 4. The quantitative estimate of drug-likeness (QED) is 0.0470. The Balaban J connectivity index is 0.000000120. The number of nitrogens with zero attached hydrogens (tertiary/aromatic N) is 8. The highest BCUT2D eigenvalue weighted by Gasteiger charge is 2.22. The maximum Gasteiger partial charge on any atom is 0.492 e. The normalized spacial score (nSPS) is 11.1. The van der Waals surface area contributed by atoms with Crippen molar-refractivity contribution < 1.29 is 38.8 Å². The van der Waals surface area contributed by atoms with Gasteiger partial charge in [-0.25, -0.2) is 15.0 Å². The third-order valence-electron chi connectivity index (χ3n) is 15.0. The molecule has 0 atom stereocenters. The Morgan fingerprint density at radius 3 is 1.43 bits per heavy atom. The van der Waals surface area contributed by atoms with Gasteiger partial charge in [-0.05, 0) is 131 Å². The van der Waals surface area contributed by atoms with Crippen LogP contribution in [0.25, 0.3) is 123 Å². The molecule has 444 valence electrons. The number of imidazole rings is 3. The smallest absolute Gasteiger partial charge is 0.492 e. The first-order chi connectivity index (χ1) is 43.4. The maximum atomic E-state index is 10.1. The second kappa shape index (κ2) is 25.3. The second-order valence-corrected chi connectivity index (χ2v) is 21.6. The Kier molecular flexibility index (Phi) is 16.7. The van der Waals surface area contributed by atoms with Gasteiger partial charge < -0.3 is 53.8 Å². The number of rotatable bonds is 11. The molecule has 0 unspecified atom stereocenters. The van der Waals surface area contributed by atoms with Crippen LogP contribution < -0.4 is 29.1 Å². The van der Waals surface area contributed by atoms with E-state index in [9.17, 15) is 5.11 Å². The third kappa shape index (κ3) is 11.6. The minimum absolute atomic E-state index is 0.111. The van der Waals surface area contributed by atoms with E-state index in [4.69, 9.17) is 43.8 Å². The first-order valence-corrected chi connectivity index (χ1v) is 29.0. The van der Waals surface area contributed by atoms with Gasteiger partial charge in [0.15, 0.2) is 52.0 Å². The van der Waals surface area contributed by atoms with Crippen molar-refractivity contribution >= 4 is 101 Å². The van der Waals surface area contributed by atoms with Crippen molar-refractivity contribution in [1.82, 2.24) is 59.7 Å². The number of methoxy groups -OCH3 is 5. The van der Waals surface area contributed by atoms with Crippen molar-refractivity contribution in [3.8, 4) is 91.3 Å². The Bertz CT molecular complexity index is 4950.